The van der Waals surface area contributed by atoms with E-state index >= 15 is 0 Å². The molecule has 0 aliphatic rings. The van der Waals surface area contributed by atoms with Crippen LogP contribution in [0.4, 0.5) is 11.5 Å². The van der Waals surface area contributed by atoms with Crippen molar-refractivity contribution in [1.82, 2.24) is 4.98 Å². The number of nitrogens with two attached hydrogens (primary N) is 1. The minimum absolute atomic E-state index is 0.321. The van der Waals surface area contributed by atoms with Gasteiger partial charge in [-0.25, -0.2) is 4.98 Å². The topological polar surface area (TPSA) is 50.9 Å². The zero-order valence-corrected chi connectivity index (χ0v) is 10.9. The number of anilines is 2. The summed E-state index contributed by atoms with van der Waals surface area (Å²) in [5.74, 6) is 0.785. The van der Waals surface area contributed by atoms with E-state index in [-0.39, 0.29) is 0 Å². The van der Waals surface area contributed by atoms with E-state index < -0.39 is 0 Å². The van der Waals surface area contributed by atoms with Crippen LogP contribution in [-0.4, -0.2) is 11.0 Å². The van der Waals surface area contributed by atoms with E-state index in [1.165, 1.54) is 5.56 Å². The first-order valence-corrected chi connectivity index (χ1v) is 6.60. The summed E-state index contributed by atoms with van der Waals surface area (Å²) in [6.45, 7) is 4.11. The maximum Gasteiger partial charge on any atom is 0.149 e. The van der Waals surface area contributed by atoms with Crippen molar-refractivity contribution in [3.63, 3.8) is 0 Å². The lowest BCUT2D eigenvalue weighted by atomic mass is 10.1. The molecule has 0 aliphatic heterocycles. The highest BCUT2D eigenvalue weighted by Gasteiger charge is 2.07. The van der Waals surface area contributed by atoms with Crippen molar-refractivity contribution in [2.24, 2.45) is 0 Å². The molecular formula is C13H17N3S. The van der Waals surface area contributed by atoms with Crippen molar-refractivity contribution in [2.75, 3.05) is 11.1 Å². The monoisotopic (exact) mass is 247 g/mol. The van der Waals surface area contributed by atoms with Gasteiger partial charge in [-0.05, 0) is 54.8 Å². The molecule has 0 radical (unpaired) electrons. The molecule has 0 fully saturated rings. The highest BCUT2D eigenvalue weighted by molar-refractivity contribution is 7.07. The second-order valence-electron chi connectivity index (χ2n) is 4.27. The predicted molar refractivity (Wildman–Crippen MR) is 74.5 cm³/mol. The van der Waals surface area contributed by atoms with Crippen molar-refractivity contribution >= 4 is 22.8 Å². The van der Waals surface area contributed by atoms with Crippen LogP contribution in [0.1, 0.15) is 18.2 Å². The summed E-state index contributed by atoms with van der Waals surface area (Å²) in [7, 11) is 0. The van der Waals surface area contributed by atoms with E-state index in [0.717, 1.165) is 17.9 Å². The number of nitrogen functional groups attached to an aromatic ring is 1. The van der Waals surface area contributed by atoms with E-state index in [0.29, 0.717) is 11.7 Å². The molecule has 90 valence electrons. The summed E-state index contributed by atoms with van der Waals surface area (Å²) >= 11 is 1.73. The maximum absolute atomic E-state index is 5.89. The summed E-state index contributed by atoms with van der Waals surface area (Å²) in [5, 5.41) is 7.63. The molecule has 3 nitrogen and oxygen atoms in total. The Bertz CT molecular complexity index is 479. The van der Waals surface area contributed by atoms with Crippen LogP contribution in [0.2, 0.25) is 0 Å². The van der Waals surface area contributed by atoms with Crippen LogP contribution in [-0.2, 0) is 6.42 Å². The van der Waals surface area contributed by atoms with Crippen LogP contribution in [0.15, 0.2) is 29.0 Å². The number of nitrogens with one attached hydrogen (secondary N) is 1. The fraction of sp³-hybridized carbons (Fsp3) is 0.308. The standard InChI is InChI=1S/C13H17N3S/c1-9-3-4-12(14)13(15-9)16-10(2)7-11-5-6-17-8-11/h3-6,8,10H,7,14H2,1-2H3,(H,15,16). The number of hydrogen-bond donors (Lipinski definition) is 2. The molecule has 0 aliphatic carbocycles. The lowest BCUT2D eigenvalue weighted by molar-refractivity contribution is 0.786. The normalized spacial score (nSPS) is 12.4. The number of aromatic nitrogens is 1. The van der Waals surface area contributed by atoms with Crippen LogP contribution in [0, 0.1) is 6.92 Å². The first kappa shape index (κ1) is 11.9. The molecule has 3 N–H and O–H groups in total. The van der Waals surface area contributed by atoms with Gasteiger partial charge < -0.3 is 11.1 Å². The van der Waals surface area contributed by atoms with Gasteiger partial charge in [0.05, 0.1) is 5.69 Å². The Hall–Kier alpha value is -1.55. The smallest absolute Gasteiger partial charge is 0.149 e. The molecule has 0 saturated carbocycles. The Morgan fingerprint density at radius 3 is 2.94 bits per heavy atom. The Morgan fingerprint density at radius 2 is 2.24 bits per heavy atom. The molecule has 2 rings (SSSR count). The molecule has 17 heavy (non-hydrogen) atoms. The summed E-state index contributed by atoms with van der Waals surface area (Å²) in [6, 6.07) is 6.28. The highest BCUT2D eigenvalue weighted by Crippen LogP contribution is 2.18. The molecular weight excluding hydrogens is 230 g/mol. The summed E-state index contributed by atoms with van der Waals surface area (Å²) < 4.78 is 0. The number of aryl methyl sites for hydroxylation is 1. The summed E-state index contributed by atoms with van der Waals surface area (Å²) in [5.41, 5.74) is 8.91. The molecule has 2 heterocycles. The Kier molecular flexibility index (Phi) is 3.64. The minimum Gasteiger partial charge on any atom is -0.396 e. The molecule has 2 aromatic rings. The van der Waals surface area contributed by atoms with Gasteiger partial charge in [0.25, 0.3) is 0 Å². The third-order valence-electron chi connectivity index (χ3n) is 2.57. The van der Waals surface area contributed by atoms with Gasteiger partial charge in [0, 0.05) is 11.7 Å². The second kappa shape index (κ2) is 5.19. The van der Waals surface area contributed by atoms with Crippen molar-refractivity contribution < 1.29 is 0 Å². The van der Waals surface area contributed by atoms with Gasteiger partial charge in [-0.2, -0.15) is 11.3 Å². The molecule has 1 unspecified atom stereocenters. The number of thiophene rings is 1. The number of nitrogens with zero attached hydrogens (tertiary/aromatic N) is 1. The van der Waals surface area contributed by atoms with Gasteiger partial charge in [-0.1, -0.05) is 0 Å². The van der Waals surface area contributed by atoms with Crippen LogP contribution in [0.3, 0.4) is 0 Å². The predicted octanol–water partition coefficient (Wildman–Crippen LogP) is 3.08. The van der Waals surface area contributed by atoms with Crippen LogP contribution < -0.4 is 11.1 Å². The Labute approximate surface area is 106 Å². The molecule has 0 aromatic carbocycles. The van der Waals surface area contributed by atoms with Crippen LogP contribution in [0.5, 0.6) is 0 Å². The lowest BCUT2D eigenvalue weighted by Gasteiger charge is -2.15. The number of hydrogen-bond acceptors (Lipinski definition) is 4. The minimum atomic E-state index is 0.321. The molecule has 0 amide bonds. The number of rotatable bonds is 4. The SMILES string of the molecule is Cc1ccc(N)c(NC(C)Cc2ccsc2)n1. The van der Waals surface area contributed by atoms with Gasteiger partial charge >= 0.3 is 0 Å². The molecule has 0 saturated heterocycles. The largest absolute Gasteiger partial charge is 0.396 e. The molecule has 1 atom stereocenters. The number of pyridine rings is 1. The third kappa shape index (κ3) is 3.20. The molecule has 4 heteroatoms. The molecule has 2 aromatic heterocycles. The Morgan fingerprint density at radius 1 is 1.41 bits per heavy atom. The van der Waals surface area contributed by atoms with Crippen molar-refractivity contribution in [3.05, 3.63) is 40.2 Å². The maximum atomic E-state index is 5.89. The van der Waals surface area contributed by atoms with Crippen LogP contribution in [0.25, 0.3) is 0 Å². The quantitative estimate of drug-likeness (QED) is 0.873. The molecule has 0 bridgehead atoms. The van der Waals surface area contributed by atoms with Crippen molar-refractivity contribution in [2.45, 2.75) is 26.3 Å². The average Bonchev–Trinajstić information content (AvgIpc) is 2.76. The second-order valence-corrected chi connectivity index (χ2v) is 5.05. The highest BCUT2D eigenvalue weighted by atomic mass is 32.1. The van der Waals surface area contributed by atoms with Crippen molar-refractivity contribution in [3.8, 4) is 0 Å². The average molecular weight is 247 g/mol. The van der Waals surface area contributed by atoms with E-state index in [1.807, 2.05) is 19.1 Å². The van der Waals surface area contributed by atoms with Crippen molar-refractivity contribution in [1.29, 1.82) is 0 Å². The van der Waals surface area contributed by atoms with Crippen LogP contribution >= 0.6 is 11.3 Å². The lowest BCUT2D eigenvalue weighted by Crippen LogP contribution is -2.19. The van der Waals surface area contributed by atoms with Gasteiger partial charge in [0.15, 0.2) is 0 Å². The van der Waals surface area contributed by atoms with E-state index in [9.17, 15) is 0 Å². The first-order valence-electron chi connectivity index (χ1n) is 5.66. The fourth-order valence-electron chi connectivity index (χ4n) is 1.73. The van der Waals surface area contributed by atoms with E-state index in [1.54, 1.807) is 11.3 Å². The summed E-state index contributed by atoms with van der Waals surface area (Å²) in [4.78, 5) is 4.41. The molecule has 0 spiro atoms. The summed E-state index contributed by atoms with van der Waals surface area (Å²) in [6.07, 6.45) is 0.985. The van der Waals surface area contributed by atoms with E-state index in [2.05, 4.69) is 34.1 Å². The first-order chi connectivity index (χ1) is 8.15. The van der Waals surface area contributed by atoms with Gasteiger partial charge in [-0.3, -0.25) is 0 Å². The fourth-order valence-corrected chi connectivity index (χ4v) is 2.41. The Balaban J connectivity index is 2.02. The van der Waals surface area contributed by atoms with Gasteiger partial charge in [0.2, 0.25) is 0 Å². The zero-order chi connectivity index (χ0) is 12.3. The third-order valence-corrected chi connectivity index (χ3v) is 3.30. The van der Waals surface area contributed by atoms with E-state index in [4.69, 9.17) is 5.73 Å². The van der Waals surface area contributed by atoms with Gasteiger partial charge in [0.1, 0.15) is 5.82 Å². The zero-order valence-electron chi connectivity index (χ0n) is 10.1. The van der Waals surface area contributed by atoms with Gasteiger partial charge in [-0.15, -0.1) is 0 Å².